The lowest BCUT2D eigenvalue weighted by Gasteiger charge is -2.11. The zero-order chi connectivity index (χ0) is 15.5. The highest BCUT2D eigenvalue weighted by molar-refractivity contribution is 5.65. The topological polar surface area (TPSA) is 66.0 Å². The smallest absolute Gasteiger partial charge is 0.144 e. The minimum absolute atomic E-state index is 0.209. The van der Waals surface area contributed by atoms with Gasteiger partial charge in [-0.05, 0) is 24.3 Å². The number of hydrogen-bond donors (Lipinski definition) is 1. The first-order valence-corrected chi connectivity index (χ1v) is 6.78. The van der Waals surface area contributed by atoms with E-state index in [4.69, 9.17) is 10.5 Å². The summed E-state index contributed by atoms with van der Waals surface area (Å²) in [5.41, 5.74) is 8.38. The first kappa shape index (κ1) is 14.2. The molecule has 0 radical (unpaired) electrons. The molecule has 0 saturated heterocycles. The lowest BCUT2D eigenvalue weighted by atomic mass is 10.1. The van der Waals surface area contributed by atoms with Gasteiger partial charge in [-0.25, -0.2) is 9.07 Å². The Kier molecular flexibility index (Phi) is 3.84. The van der Waals surface area contributed by atoms with Gasteiger partial charge in [0.25, 0.3) is 0 Å². The molecule has 6 heteroatoms. The number of rotatable bonds is 4. The number of methoxy groups -OCH3 is 1. The summed E-state index contributed by atoms with van der Waals surface area (Å²) >= 11 is 0. The first-order chi connectivity index (χ1) is 10.7. The molecule has 3 aromatic rings. The van der Waals surface area contributed by atoms with Crippen LogP contribution < -0.4 is 10.5 Å². The van der Waals surface area contributed by atoms with E-state index >= 15 is 0 Å². The average molecular weight is 298 g/mol. The molecular formula is C16H15FN4O. The highest BCUT2D eigenvalue weighted by Crippen LogP contribution is 2.29. The Balaban J connectivity index is 2.24. The summed E-state index contributed by atoms with van der Waals surface area (Å²) < 4.78 is 20.6. The number of nitrogens with zero attached hydrogens (tertiary/aromatic N) is 3. The number of para-hydroxylation sites is 2. The molecule has 0 bridgehead atoms. The summed E-state index contributed by atoms with van der Waals surface area (Å²) in [7, 11) is 1.58. The van der Waals surface area contributed by atoms with E-state index in [1.165, 1.54) is 12.1 Å². The lowest BCUT2D eigenvalue weighted by molar-refractivity contribution is 0.411. The van der Waals surface area contributed by atoms with Crippen LogP contribution in [0.3, 0.4) is 0 Å². The van der Waals surface area contributed by atoms with Gasteiger partial charge >= 0.3 is 0 Å². The van der Waals surface area contributed by atoms with Crippen molar-refractivity contribution in [1.29, 1.82) is 0 Å². The van der Waals surface area contributed by atoms with E-state index in [0.29, 0.717) is 22.7 Å². The maximum absolute atomic E-state index is 13.6. The van der Waals surface area contributed by atoms with Gasteiger partial charge in [-0.1, -0.05) is 29.5 Å². The van der Waals surface area contributed by atoms with Gasteiger partial charge in [-0.3, -0.25) is 0 Å². The van der Waals surface area contributed by atoms with E-state index in [1.807, 2.05) is 24.3 Å². The van der Waals surface area contributed by atoms with Crippen LogP contribution in [-0.4, -0.2) is 22.1 Å². The normalized spacial score (nSPS) is 10.7. The Morgan fingerprint density at radius 2 is 2.00 bits per heavy atom. The summed E-state index contributed by atoms with van der Waals surface area (Å²) in [5, 5.41) is 8.26. The molecule has 5 nitrogen and oxygen atoms in total. The molecule has 3 rings (SSSR count). The predicted octanol–water partition coefficient (Wildman–Crippen LogP) is 2.54. The van der Waals surface area contributed by atoms with Gasteiger partial charge in [0.2, 0.25) is 0 Å². The predicted molar refractivity (Wildman–Crippen MR) is 81.2 cm³/mol. The van der Waals surface area contributed by atoms with Crippen molar-refractivity contribution < 1.29 is 9.13 Å². The van der Waals surface area contributed by atoms with Crippen molar-refractivity contribution in [3.05, 3.63) is 60.0 Å². The fourth-order valence-corrected chi connectivity index (χ4v) is 2.35. The Hall–Kier alpha value is -2.73. The molecule has 112 valence electrons. The molecule has 0 aliphatic carbocycles. The van der Waals surface area contributed by atoms with Gasteiger partial charge in [0.1, 0.15) is 22.9 Å². The molecule has 0 aliphatic rings. The van der Waals surface area contributed by atoms with Crippen molar-refractivity contribution in [1.82, 2.24) is 15.0 Å². The van der Waals surface area contributed by atoms with Crippen LogP contribution in [0.2, 0.25) is 0 Å². The van der Waals surface area contributed by atoms with Gasteiger partial charge < -0.3 is 10.5 Å². The third kappa shape index (κ3) is 2.44. The van der Waals surface area contributed by atoms with E-state index in [9.17, 15) is 4.39 Å². The van der Waals surface area contributed by atoms with Crippen LogP contribution in [0.1, 0.15) is 5.69 Å². The van der Waals surface area contributed by atoms with Crippen LogP contribution in [0.25, 0.3) is 16.9 Å². The second-order valence-corrected chi connectivity index (χ2v) is 4.68. The molecule has 22 heavy (non-hydrogen) atoms. The largest absolute Gasteiger partial charge is 0.494 e. The lowest BCUT2D eigenvalue weighted by Crippen LogP contribution is -2.04. The van der Waals surface area contributed by atoms with Gasteiger partial charge in [-0.15, -0.1) is 5.10 Å². The minimum atomic E-state index is -0.326. The highest BCUT2D eigenvalue weighted by Gasteiger charge is 2.17. The molecule has 0 aliphatic heterocycles. The van der Waals surface area contributed by atoms with E-state index < -0.39 is 0 Å². The molecule has 0 amide bonds. The van der Waals surface area contributed by atoms with Crippen LogP contribution >= 0.6 is 0 Å². The maximum atomic E-state index is 13.6. The molecular weight excluding hydrogens is 283 g/mol. The summed E-state index contributed by atoms with van der Waals surface area (Å²) in [5.74, 6) is 0.321. The third-order valence-corrected chi connectivity index (χ3v) is 3.34. The van der Waals surface area contributed by atoms with Gasteiger partial charge in [0, 0.05) is 12.1 Å². The van der Waals surface area contributed by atoms with Crippen LogP contribution in [0.5, 0.6) is 5.75 Å². The van der Waals surface area contributed by atoms with Crippen LogP contribution in [0.4, 0.5) is 4.39 Å². The molecule has 0 fully saturated rings. The molecule has 1 aromatic heterocycles. The maximum Gasteiger partial charge on any atom is 0.144 e. The first-order valence-electron chi connectivity index (χ1n) is 6.78. The van der Waals surface area contributed by atoms with Crippen molar-refractivity contribution in [2.45, 2.75) is 6.54 Å². The van der Waals surface area contributed by atoms with E-state index in [-0.39, 0.29) is 12.4 Å². The van der Waals surface area contributed by atoms with Crippen molar-refractivity contribution in [2.24, 2.45) is 5.73 Å². The SMILES string of the molecule is COc1ccccc1-n1nnc(CN)c1-c1cccc(F)c1. The molecule has 0 atom stereocenters. The van der Waals surface area contributed by atoms with Crippen LogP contribution in [0, 0.1) is 5.82 Å². The standard InChI is InChI=1S/C16H15FN4O/c1-22-15-8-3-2-7-14(15)21-16(13(10-18)19-20-21)11-5-4-6-12(17)9-11/h2-9H,10,18H2,1H3. The van der Waals surface area contributed by atoms with Crippen molar-refractivity contribution in [3.8, 4) is 22.7 Å². The highest BCUT2D eigenvalue weighted by atomic mass is 19.1. The molecule has 0 spiro atoms. The van der Waals surface area contributed by atoms with Crippen LogP contribution in [0.15, 0.2) is 48.5 Å². The fraction of sp³-hybridized carbons (Fsp3) is 0.125. The number of halogens is 1. The monoisotopic (exact) mass is 298 g/mol. The molecule has 2 aromatic carbocycles. The molecule has 1 heterocycles. The van der Waals surface area contributed by atoms with Crippen LogP contribution in [-0.2, 0) is 6.54 Å². The quantitative estimate of drug-likeness (QED) is 0.804. The van der Waals surface area contributed by atoms with Crippen molar-refractivity contribution >= 4 is 0 Å². The van der Waals surface area contributed by atoms with Gasteiger partial charge in [-0.2, -0.15) is 0 Å². The summed E-state index contributed by atoms with van der Waals surface area (Å²) in [6.45, 7) is 0.209. The number of hydrogen-bond acceptors (Lipinski definition) is 4. The number of nitrogens with two attached hydrogens (primary N) is 1. The number of benzene rings is 2. The zero-order valence-corrected chi connectivity index (χ0v) is 12.0. The van der Waals surface area contributed by atoms with Crippen molar-refractivity contribution in [2.75, 3.05) is 7.11 Å². The summed E-state index contributed by atoms with van der Waals surface area (Å²) in [6.07, 6.45) is 0. The molecule has 2 N–H and O–H groups in total. The third-order valence-electron chi connectivity index (χ3n) is 3.34. The number of aromatic nitrogens is 3. The Morgan fingerprint density at radius 1 is 1.18 bits per heavy atom. The summed E-state index contributed by atoms with van der Waals surface area (Å²) in [6, 6.07) is 13.7. The van der Waals surface area contributed by atoms with Gasteiger partial charge in [0.15, 0.2) is 0 Å². The Morgan fingerprint density at radius 3 is 2.73 bits per heavy atom. The molecule has 0 saturated carbocycles. The second kappa shape index (κ2) is 5.95. The minimum Gasteiger partial charge on any atom is -0.494 e. The zero-order valence-electron chi connectivity index (χ0n) is 12.0. The Bertz CT molecular complexity index is 800. The fourth-order valence-electron chi connectivity index (χ4n) is 2.35. The molecule has 0 unspecified atom stereocenters. The van der Waals surface area contributed by atoms with E-state index in [1.54, 1.807) is 23.9 Å². The average Bonchev–Trinajstić information content (AvgIpc) is 2.98. The number of ether oxygens (including phenoxy) is 1. The van der Waals surface area contributed by atoms with Crippen molar-refractivity contribution in [3.63, 3.8) is 0 Å². The van der Waals surface area contributed by atoms with E-state index in [2.05, 4.69) is 10.3 Å². The Labute approximate surface area is 127 Å². The second-order valence-electron chi connectivity index (χ2n) is 4.68. The van der Waals surface area contributed by atoms with E-state index in [0.717, 1.165) is 5.69 Å². The van der Waals surface area contributed by atoms with Gasteiger partial charge in [0.05, 0.1) is 12.8 Å². The summed E-state index contributed by atoms with van der Waals surface area (Å²) in [4.78, 5) is 0.